The van der Waals surface area contributed by atoms with Gasteiger partial charge in [-0.15, -0.1) is 0 Å². The van der Waals surface area contributed by atoms with Crippen LogP contribution in [0.2, 0.25) is 0 Å². The molecule has 0 saturated carbocycles. The van der Waals surface area contributed by atoms with Crippen LogP contribution in [0.25, 0.3) is 10.2 Å². The van der Waals surface area contributed by atoms with Crippen molar-refractivity contribution in [1.29, 1.82) is 0 Å². The highest BCUT2D eigenvalue weighted by atomic mass is 32.1. The van der Waals surface area contributed by atoms with Gasteiger partial charge in [-0.2, -0.15) is 0 Å². The third kappa shape index (κ3) is 2.64. The van der Waals surface area contributed by atoms with Crippen molar-refractivity contribution in [1.82, 2.24) is 10.3 Å². The van der Waals surface area contributed by atoms with Crippen molar-refractivity contribution in [3.05, 3.63) is 23.8 Å². The van der Waals surface area contributed by atoms with Crippen molar-refractivity contribution >= 4 is 32.6 Å². The quantitative estimate of drug-likeness (QED) is 0.895. The van der Waals surface area contributed by atoms with E-state index in [1.54, 1.807) is 0 Å². The minimum atomic E-state index is -0.710. The summed E-state index contributed by atoms with van der Waals surface area (Å²) in [5.74, 6) is -1.51. The molecule has 2 N–H and O–H groups in total. The molecule has 1 aliphatic rings. The van der Waals surface area contributed by atoms with Crippen LogP contribution in [0.15, 0.2) is 12.1 Å². The zero-order valence-corrected chi connectivity index (χ0v) is 11.4. The van der Waals surface area contributed by atoms with Gasteiger partial charge in [-0.3, -0.25) is 4.79 Å². The molecular weight excluding hydrogens is 284 g/mol. The number of halogens is 2. The van der Waals surface area contributed by atoms with Crippen LogP contribution in [-0.2, 0) is 4.79 Å². The molecule has 0 spiro atoms. The Morgan fingerprint density at radius 2 is 2.10 bits per heavy atom. The van der Waals surface area contributed by atoms with Gasteiger partial charge in [0.2, 0.25) is 5.91 Å². The summed E-state index contributed by atoms with van der Waals surface area (Å²) in [6, 6.07) is 2.01. The second-order valence-electron chi connectivity index (χ2n) is 4.77. The first-order chi connectivity index (χ1) is 9.63. The zero-order chi connectivity index (χ0) is 14.1. The molecule has 1 aromatic carbocycles. The number of rotatable bonds is 2. The van der Waals surface area contributed by atoms with Crippen LogP contribution in [0.5, 0.6) is 0 Å². The molecule has 0 unspecified atom stereocenters. The smallest absolute Gasteiger partial charge is 0.229 e. The van der Waals surface area contributed by atoms with Crippen molar-refractivity contribution in [3.8, 4) is 0 Å². The van der Waals surface area contributed by atoms with Crippen LogP contribution in [0.1, 0.15) is 12.8 Å². The summed E-state index contributed by atoms with van der Waals surface area (Å²) in [6.45, 7) is 1.63. The molecule has 1 aromatic heterocycles. The average Bonchev–Trinajstić information content (AvgIpc) is 2.82. The molecule has 2 heterocycles. The van der Waals surface area contributed by atoms with E-state index >= 15 is 0 Å². The van der Waals surface area contributed by atoms with Gasteiger partial charge < -0.3 is 10.6 Å². The van der Waals surface area contributed by atoms with Crippen LogP contribution >= 0.6 is 11.3 Å². The number of thiazole rings is 1. The van der Waals surface area contributed by atoms with E-state index in [2.05, 4.69) is 15.6 Å². The Hall–Kier alpha value is -1.60. The first-order valence-corrected chi connectivity index (χ1v) is 7.22. The monoisotopic (exact) mass is 297 g/mol. The molecule has 1 saturated heterocycles. The number of fused-ring (bicyclic) bond motifs is 1. The molecule has 1 amide bonds. The average molecular weight is 297 g/mol. The predicted molar refractivity (Wildman–Crippen MR) is 73.8 cm³/mol. The number of anilines is 1. The molecule has 20 heavy (non-hydrogen) atoms. The zero-order valence-electron chi connectivity index (χ0n) is 10.6. The van der Waals surface area contributed by atoms with E-state index in [4.69, 9.17) is 0 Å². The number of hydrogen-bond acceptors (Lipinski definition) is 4. The number of nitrogens with zero attached hydrogens (tertiary/aromatic N) is 1. The molecule has 2 aromatic rings. The lowest BCUT2D eigenvalue weighted by Gasteiger charge is -2.20. The fourth-order valence-corrected chi connectivity index (χ4v) is 3.21. The number of hydrogen-bond donors (Lipinski definition) is 2. The van der Waals surface area contributed by atoms with E-state index in [1.807, 2.05) is 0 Å². The van der Waals surface area contributed by atoms with E-state index in [-0.39, 0.29) is 17.3 Å². The van der Waals surface area contributed by atoms with Gasteiger partial charge in [0.1, 0.15) is 11.3 Å². The van der Waals surface area contributed by atoms with Gasteiger partial charge >= 0.3 is 0 Å². The molecule has 7 heteroatoms. The van der Waals surface area contributed by atoms with E-state index < -0.39 is 11.6 Å². The third-order valence-corrected chi connectivity index (χ3v) is 4.27. The van der Waals surface area contributed by atoms with Crippen molar-refractivity contribution in [2.75, 3.05) is 18.4 Å². The highest BCUT2D eigenvalue weighted by Crippen LogP contribution is 2.29. The summed E-state index contributed by atoms with van der Waals surface area (Å²) >= 11 is 1.08. The largest absolute Gasteiger partial charge is 0.317 e. The fourth-order valence-electron chi connectivity index (χ4n) is 2.30. The summed E-state index contributed by atoms with van der Waals surface area (Å²) in [7, 11) is 0. The van der Waals surface area contributed by atoms with Crippen molar-refractivity contribution in [2.24, 2.45) is 5.92 Å². The van der Waals surface area contributed by atoms with Crippen LogP contribution in [0, 0.1) is 17.6 Å². The normalized spacial score (nSPS) is 16.5. The Balaban J connectivity index is 1.80. The van der Waals surface area contributed by atoms with Gasteiger partial charge in [-0.25, -0.2) is 13.8 Å². The number of carbonyl (C=O) groups is 1. The van der Waals surface area contributed by atoms with E-state index in [0.717, 1.165) is 43.3 Å². The molecule has 0 atom stereocenters. The number of benzene rings is 1. The number of aromatic nitrogens is 1. The Bertz CT molecular complexity index is 652. The Morgan fingerprint density at radius 1 is 1.35 bits per heavy atom. The van der Waals surface area contributed by atoms with Gasteiger partial charge in [-0.05, 0) is 32.0 Å². The second kappa shape index (κ2) is 5.41. The second-order valence-corrected chi connectivity index (χ2v) is 5.80. The molecule has 106 valence electrons. The fraction of sp³-hybridized carbons (Fsp3) is 0.385. The Morgan fingerprint density at radius 3 is 2.85 bits per heavy atom. The highest BCUT2D eigenvalue weighted by Gasteiger charge is 2.22. The lowest BCUT2D eigenvalue weighted by atomic mass is 9.97. The molecule has 3 rings (SSSR count). The van der Waals surface area contributed by atoms with E-state index in [1.165, 1.54) is 6.07 Å². The maximum absolute atomic E-state index is 13.5. The number of carbonyl (C=O) groups excluding carboxylic acids is 1. The Kier molecular flexibility index (Phi) is 3.62. The van der Waals surface area contributed by atoms with Gasteiger partial charge in [0.15, 0.2) is 10.9 Å². The minimum Gasteiger partial charge on any atom is -0.317 e. The molecule has 1 aliphatic heterocycles. The molecule has 0 aliphatic carbocycles. The molecule has 0 radical (unpaired) electrons. The minimum absolute atomic E-state index is 0.0511. The van der Waals surface area contributed by atoms with Gasteiger partial charge in [0.05, 0.1) is 4.70 Å². The van der Waals surface area contributed by atoms with E-state index in [9.17, 15) is 13.6 Å². The van der Waals surface area contributed by atoms with Crippen molar-refractivity contribution in [2.45, 2.75) is 12.8 Å². The van der Waals surface area contributed by atoms with E-state index in [0.29, 0.717) is 9.83 Å². The van der Waals surface area contributed by atoms with Crippen LogP contribution in [0.3, 0.4) is 0 Å². The first kappa shape index (κ1) is 13.4. The highest BCUT2D eigenvalue weighted by molar-refractivity contribution is 7.22. The van der Waals surface area contributed by atoms with Crippen LogP contribution < -0.4 is 10.6 Å². The number of amides is 1. The van der Waals surface area contributed by atoms with Crippen LogP contribution in [0.4, 0.5) is 13.9 Å². The van der Waals surface area contributed by atoms with Gasteiger partial charge in [-0.1, -0.05) is 11.3 Å². The third-order valence-electron chi connectivity index (χ3n) is 3.35. The maximum atomic E-state index is 13.5. The van der Waals surface area contributed by atoms with Crippen molar-refractivity contribution < 1.29 is 13.6 Å². The number of nitrogens with one attached hydrogen (secondary N) is 2. The number of piperidine rings is 1. The molecule has 0 bridgehead atoms. The summed E-state index contributed by atoms with van der Waals surface area (Å²) in [6.07, 6.45) is 1.55. The summed E-state index contributed by atoms with van der Waals surface area (Å²) in [5, 5.41) is 6.20. The summed E-state index contributed by atoms with van der Waals surface area (Å²) < 4.78 is 27.0. The first-order valence-electron chi connectivity index (χ1n) is 6.40. The topological polar surface area (TPSA) is 54.0 Å². The van der Waals surface area contributed by atoms with Crippen molar-refractivity contribution in [3.63, 3.8) is 0 Å². The predicted octanol–water partition coefficient (Wildman–Crippen LogP) is 2.51. The lowest BCUT2D eigenvalue weighted by Crippen LogP contribution is -2.34. The molecule has 4 nitrogen and oxygen atoms in total. The maximum Gasteiger partial charge on any atom is 0.229 e. The SMILES string of the molecule is O=C(Nc1nc2c(F)cc(F)cc2s1)C1CCNCC1. The summed E-state index contributed by atoms with van der Waals surface area (Å²) in [5.41, 5.74) is 0.0945. The van der Waals surface area contributed by atoms with Crippen LogP contribution in [-0.4, -0.2) is 24.0 Å². The molecular formula is C13H13F2N3OS. The standard InChI is InChI=1S/C13H13F2N3OS/c14-8-5-9(15)11-10(6-8)20-13(17-11)18-12(19)7-1-3-16-4-2-7/h5-7,16H,1-4H2,(H,17,18,19). The molecule has 1 fully saturated rings. The Labute approximate surface area is 118 Å². The van der Waals surface area contributed by atoms with Gasteiger partial charge in [0.25, 0.3) is 0 Å². The summed E-state index contributed by atoms with van der Waals surface area (Å²) in [4.78, 5) is 16.1. The van der Waals surface area contributed by atoms with Gasteiger partial charge in [0, 0.05) is 12.0 Å². The lowest BCUT2D eigenvalue weighted by molar-refractivity contribution is -0.120.